The minimum atomic E-state index is -1.16. The molecule has 1 aromatic rings. The monoisotopic (exact) mass is 855 g/mol. The fourth-order valence-corrected chi connectivity index (χ4v) is 6.72. The van der Waals surface area contributed by atoms with Crippen molar-refractivity contribution in [3.8, 4) is 0 Å². The van der Waals surface area contributed by atoms with Crippen molar-refractivity contribution >= 4 is 59.1 Å². The van der Waals surface area contributed by atoms with Gasteiger partial charge in [0.05, 0.1) is 32.7 Å². The number of unbranched alkanes of at least 4 members (excludes halogenated alkanes) is 3. The highest BCUT2D eigenvalue weighted by molar-refractivity contribution is 5.97. The molecule has 21 nitrogen and oxygen atoms in total. The second-order valence-electron chi connectivity index (χ2n) is 15.0. The Morgan fingerprint density at radius 1 is 0.705 bits per heavy atom. The molecule has 2 heterocycles. The van der Waals surface area contributed by atoms with Gasteiger partial charge in [0, 0.05) is 33.0 Å². The molecule has 0 bridgehead atoms. The van der Waals surface area contributed by atoms with E-state index < -0.39 is 110 Å². The Labute approximate surface area is 355 Å². The van der Waals surface area contributed by atoms with Gasteiger partial charge >= 0.3 is 0 Å². The number of carbonyl (C=O) groups excluding carboxylic acids is 10. The lowest BCUT2D eigenvalue weighted by Gasteiger charge is -2.34. The van der Waals surface area contributed by atoms with Gasteiger partial charge in [-0.25, -0.2) is 0 Å². The topological polar surface area (TPSA) is 299 Å². The van der Waals surface area contributed by atoms with E-state index in [1.165, 1.54) is 23.8 Å². The van der Waals surface area contributed by atoms with Crippen molar-refractivity contribution in [2.45, 2.75) is 95.3 Å². The Balaban J connectivity index is 1.83. The first-order valence-corrected chi connectivity index (χ1v) is 20.7. The van der Waals surface area contributed by atoms with Crippen LogP contribution in [0.4, 0.5) is 0 Å². The molecule has 4 atom stereocenters. The third-order valence-electron chi connectivity index (χ3n) is 10.1. The minimum absolute atomic E-state index is 0.0551. The summed E-state index contributed by atoms with van der Waals surface area (Å²) in [5, 5.41) is 19.8. The number of likely N-dealkylation sites (N-methyl/N-ethyl adjacent to an activating group) is 1. The van der Waals surface area contributed by atoms with E-state index in [1.54, 1.807) is 30.3 Å². The first kappa shape index (κ1) is 49.2. The summed E-state index contributed by atoms with van der Waals surface area (Å²) in [6.07, 6.45) is 4.57. The molecular weight excluding hydrogens is 795 g/mol. The number of fused-ring (bicyclic) bond motifs is 1. The Kier molecular flexibility index (Phi) is 21.1. The van der Waals surface area contributed by atoms with Gasteiger partial charge in [-0.05, 0) is 64.0 Å². The molecule has 21 heteroatoms. The zero-order valence-corrected chi connectivity index (χ0v) is 35.0. The Morgan fingerprint density at radius 3 is 1.90 bits per heavy atom. The average molecular weight is 856 g/mol. The first-order valence-electron chi connectivity index (χ1n) is 20.7. The molecule has 0 saturated carbocycles. The van der Waals surface area contributed by atoms with Crippen LogP contribution in [0.1, 0.15) is 70.3 Å². The zero-order valence-electron chi connectivity index (χ0n) is 35.0. The summed E-state index contributed by atoms with van der Waals surface area (Å²) in [6.45, 7) is -0.198. The summed E-state index contributed by atoms with van der Waals surface area (Å²) in [6, 6.07) is 4.50. The van der Waals surface area contributed by atoms with Gasteiger partial charge in [0.2, 0.25) is 59.1 Å². The number of hydrogen-bond donors (Lipinski definition) is 9. The quantitative estimate of drug-likeness (QED) is 0.0928. The van der Waals surface area contributed by atoms with Crippen molar-refractivity contribution in [1.82, 2.24) is 52.3 Å². The molecular formula is C40H61N11O10. The van der Waals surface area contributed by atoms with Crippen LogP contribution in [-0.4, -0.2) is 152 Å². The van der Waals surface area contributed by atoms with E-state index in [-0.39, 0.29) is 31.7 Å². The van der Waals surface area contributed by atoms with Crippen molar-refractivity contribution in [2.75, 3.05) is 59.4 Å². The molecule has 10 amide bonds. The second-order valence-corrected chi connectivity index (χ2v) is 15.0. The first-order chi connectivity index (χ1) is 29.2. The Bertz CT molecular complexity index is 1710. The second kappa shape index (κ2) is 26.2. The summed E-state index contributed by atoms with van der Waals surface area (Å²) in [7, 11) is 1.43. The summed E-state index contributed by atoms with van der Waals surface area (Å²) >= 11 is 0. The molecule has 2 aliphatic rings. The number of amides is 10. The van der Waals surface area contributed by atoms with Gasteiger partial charge in [0.1, 0.15) is 24.2 Å². The molecule has 2 saturated heterocycles. The SMILES string of the molecule is C[C@@H]1NC(=O)CNC(=O)CNC(=O)CNC(=O)CNC(=O)CNC(=O)[C@H](CCCCNC(=O)CCCCCN)N(C)C(=O)[C@H]2CCCN2C(=O)[C@H](Cc2ccccc2)NC1=O. The molecule has 0 spiro atoms. The van der Waals surface area contributed by atoms with Crippen molar-refractivity contribution in [2.24, 2.45) is 5.73 Å². The fourth-order valence-electron chi connectivity index (χ4n) is 6.72. The predicted molar refractivity (Wildman–Crippen MR) is 220 cm³/mol. The Morgan fingerprint density at radius 2 is 1.30 bits per heavy atom. The van der Waals surface area contributed by atoms with E-state index >= 15 is 0 Å². The number of nitrogens with zero attached hydrogens (tertiary/aromatic N) is 2. The van der Waals surface area contributed by atoms with Crippen LogP contribution in [0.2, 0.25) is 0 Å². The molecule has 10 N–H and O–H groups in total. The van der Waals surface area contributed by atoms with Crippen LogP contribution in [0.25, 0.3) is 0 Å². The molecule has 0 aromatic heterocycles. The Hall–Kier alpha value is -6.12. The average Bonchev–Trinajstić information content (AvgIpc) is 3.74. The lowest BCUT2D eigenvalue weighted by Crippen LogP contribution is -2.58. The van der Waals surface area contributed by atoms with Gasteiger partial charge < -0.3 is 58.1 Å². The van der Waals surface area contributed by atoms with Crippen LogP contribution in [-0.2, 0) is 54.4 Å². The maximum atomic E-state index is 14.3. The van der Waals surface area contributed by atoms with Crippen molar-refractivity contribution in [3.63, 3.8) is 0 Å². The van der Waals surface area contributed by atoms with Gasteiger partial charge in [-0.3, -0.25) is 47.9 Å². The lowest BCUT2D eigenvalue weighted by molar-refractivity contribution is -0.148. The van der Waals surface area contributed by atoms with E-state index in [4.69, 9.17) is 5.73 Å². The maximum Gasteiger partial charge on any atom is 0.246 e. The number of nitrogens with one attached hydrogen (secondary N) is 8. The van der Waals surface area contributed by atoms with E-state index in [0.29, 0.717) is 50.8 Å². The fraction of sp³-hybridized carbons (Fsp3) is 0.600. The molecule has 336 valence electrons. The summed E-state index contributed by atoms with van der Waals surface area (Å²) in [5.41, 5.74) is 6.23. The summed E-state index contributed by atoms with van der Waals surface area (Å²) in [4.78, 5) is 133. The highest BCUT2D eigenvalue weighted by Gasteiger charge is 2.41. The normalized spacial score (nSPS) is 22.4. The molecule has 2 aliphatic heterocycles. The maximum absolute atomic E-state index is 14.3. The van der Waals surface area contributed by atoms with Gasteiger partial charge in [-0.15, -0.1) is 0 Å². The van der Waals surface area contributed by atoms with Crippen LogP contribution < -0.4 is 48.3 Å². The minimum Gasteiger partial charge on any atom is -0.356 e. The number of carbonyl (C=O) groups is 10. The third kappa shape index (κ3) is 17.6. The molecule has 0 radical (unpaired) electrons. The molecule has 61 heavy (non-hydrogen) atoms. The van der Waals surface area contributed by atoms with Gasteiger partial charge in [-0.2, -0.15) is 0 Å². The smallest absolute Gasteiger partial charge is 0.246 e. The van der Waals surface area contributed by atoms with E-state index in [2.05, 4.69) is 42.5 Å². The number of benzene rings is 1. The highest BCUT2D eigenvalue weighted by atomic mass is 16.2. The summed E-state index contributed by atoms with van der Waals surface area (Å²) < 4.78 is 0. The molecule has 1 aromatic carbocycles. The standard InChI is InChI=1S/C40H61N11O10/c1-26-37(58)49-28(20-27-12-5-3-6-13-27)39(60)51-19-11-15-30(51)40(61)50(2)29(14-8-10-18-42-31(52)16-7-4-9-17-41)38(59)47-24-35(56)45-22-33(54)43-21-32(53)44-23-34(55)46-25-36(57)48-26/h3,5-6,12-13,26,28-30H,4,7-11,14-25,41H2,1-2H3,(H,42,52)(H,43,54)(H,44,53)(H,45,56)(H,46,55)(H,47,59)(H,48,57)(H,49,58)/t26-,28-,29-,30+/m0/s1. The van der Waals surface area contributed by atoms with Crippen molar-refractivity contribution in [1.29, 1.82) is 0 Å². The van der Waals surface area contributed by atoms with E-state index in [1.807, 2.05) is 0 Å². The predicted octanol–water partition coefficient (Wildman–Crippen LogP) is -3.56. The van der Waals surface area contributed by atoms with Gasteiger partial charge in [-0.1, -0.05) is 36.8 Å². The number of rotatable bonds is 12. The summed E-state index contributed by atoms with van der Waals surface area (Å²) in [5.74, 6) is -6.23. The van der Waals surface area contributed by atoms with Crippen molar-refractivity contribution < 1.29 is 47.9 Å². The van der Waals surface area contributed by atoms with Crippen LogP contribution in [0, 0.1) is 0 Å². The van der Waals surface area contributed by atoms with E-state index in [0.717, 1.165) is 12.8 Å². The van der Waals surface area contributed by atoms with E-state index in [9.17, 15) is 47.9 Å². The molecule has 0 aliphatic carbocycles. The molecule has 3 rings (SSSR count). The largest absolute Gasteiger partial charge is 0.356 e. The molecule has 0 unspecified atom stereocenters. The van der Waals surface area contributed by atoms with Crippen LogP contribution in [0.15, 0.2) is 30.3 Å². The van der Waals surface area contributed by atoms with Crippen LogP contribution >= 0.6 is 0 Å². The number of nitrogens with two attached hydrogens (primary N) is 1. The van der Waals surface area contributed by atoms with Gasteiger partial charge in [0.25, 0.3) is 0 Å². The van der Waals surface area contributed by atoms with Crippen LogP contribution in [0.5, 0.6) is 0 Å². The lowest BCUT2D eigenvalue weighted by atomic mass is 10.0. The molecule has 2 fully saturated rings. The van der Waals surface area contributed by atoms with Gasteiger partial charge in [0.15, 0.2) is 0 Å². The highest BCUT2D eigenvalue weighted by Crippen LogP contribution is 2.23. The third-order valence-corrected chi connectivity index (χ3v) is 10.1. The van der Waals surface area contributed by atoms with Crippen molar-refractivity contribution in [3.05, 3.63) is 35.9 Å². The van der Waals surface area contributed by atoms with Crippen LogP contribution in [0.3, 0.4) is 0 Å². The zero-order chi connectivity index (χ0) is 44.7. The number of hydrogen-bond acceptors (Lipinski definition) is 11.